The predicted octanol–water partition coefficient (Wildman–Crippen LogP) is 1.60. The number of fused-ring (bicyclic) bond motifs is 1. The van der Waals surface area contributed by atoms with Gasteiger partial charge in [-0.3, -0.25) is 0 Å². The highest BCUT2D eigenvalue weighted by atomic mass is 16.5. The fourth-order valence-electron chi connectivity index (χ4n) is 4.03. The lowest BCUT2D eigenvalue weighted by Gasteiger charge is -2.36. The number of nitriles is 1. The van der Waals surface area contributed by atoms with Gasteiger partial charge in [-0.25, -0.2) is 19.9 Å². The van der Waals surface area contributed by atoms with Crippen molar-refractivity contribution in [3.8, 4) is 6.07 Å². The molecule has 0 aliphatic carbocycles. The van der Waals surface area contributed by atoms with Gasteiger partial charge in [0.15, 0.2) is 17.0 Å². The monoisotopic (exact) mass is 390 g/mol. The van der Waals surface area contributed by atoms with Crippen LogP contribution in [0.15, 0.2) is 31.0 Å². The number of hydrogen-bond donors (Lipinski definition) is 0. The average Bonchev–Trinajstić information content (AvgIpc) is 3.44. The minimum atomic E-state index is 0.245. The second-order valence-corrected chi connectivity index (χ2v) is 7.39. The Kier molecular flexibility index (Phi) is 4.69. The first-order valence-corrected chi connectivity index (χ1v) is 9.95. The highest BCUT2D eigenvalue weighted by molar-refractivity contribution is 5.83. The Morgan fingerprint density at radius 3 is 2.66 bits per heavy atom. The fourth-order valence-corrected chi connectivity index (χ4v) is 4.03. The van der Waals surface area contributed by atoms with Crippen molar-refractivity contribution in [1.82, 2.24) is 24.5 Å². The Bertz CT molecular complexity index is 1030. The van der Waals surface area contributed by atoms with Gasteiger partial charge in [0, 0.05) is 39.0 Å². The molecular formula is C20H22N8O. The Morgan fingerprint density at radius 2 is 1.93 bits per heavy atom. The van der Waals surface area contributed by atoms with Crippen molar-refractivity contribution in [1.29, 1.82) is 5.26 Å². The molecule has 2 fully saturated rings. The highest BCUT2D eigenvalue weighted by Crippen LogP contribution is 2.25. The van der Waals surface area contributed by atoms with Crippen molar-refractivity contribution in [2.45, 2.75) is 25.5 Å². The molecule has 5 heterocycles. The van der Waals surface area contributed by atoms with Gasteiger partial charge in [-0.15, -0.1) is 0 Å². The molecule has 9 heteroatoms. The quantitative estimate of drug-likeness (QED) is 0.663. The molecule has 2 aliphatic rings. The second kappa shape index (κ2) is 7.64. The number of ether oxygens (including phenoxy) is 1. The maximum absolute atomic E-state index is 8.93. The van der Waals surface area contributed by atoms with Gasteiger partial charge in [0.25, 0.3) is 0 Å². The third kappa shape index (κ3) is 3.47. The van der Waals surface area contributed by atoms with Gasteiger partial charge in [0.2, 0.25) is 0 Å². The van der Waals surface area contributed by atoms with Crippen molar-refractivity contribution in [2.75, 3.05) is 42.6 Å². The minimum absolute atomic E-state index is 0.245. The molecule has 0 bridgehead atoms. The lowest BCUT2D eigenvalue weighted by molar-refractivity contribution is 0.0978. The maximum atomic E-state index is 8.93. The number of pyridine rings is 1. The van der Waals surface area contributed by atoms with E-state index in [0.29, 0.717) is 5.56 Å². The summed E-state index contributed by atoms with van der Waals surface area (Å²) in [4.78, 5) is 22.5. The summed E-state index contributed by atoms with van der Waals surface area (Å²) >= 11 is 0. The topological polar surface area (TPSA) is 96.0 Å². The van der Waals surface area contributed by atoms with Gasteiger partial charge in [0.05, 0.1) is 24.5 Å². The van der Waals surface area contributed by atoms with Crippen LogP contribution in [0.25, 0.3) is 11.2 Å². The molecule has 2 aliphatic heterocycles. The summed E-state index contributed by atoms with van der Waals surface area (Å²) in [7, 11) is 0. The first-order chi connectivity index (χ1) is 14.3. The molecule has 9 nitrogen and oxygen atoms in total. The first kappa shape index (κ1) is 17.8. The van der Waals surface area contributed by atoms with Crippen LogP contribution < -0.4 is 9.80 Å². The lowest BCUT2D eigenvalue weighted by atomic mass is 10.2. The summed E-state index contributed by atoms with van der Waals surface area (Å²) in [6.07, 6.45) is 7.55. The zero-order chi connectivity index (χ0) is 19.6. The van der Waals surface area contributed by atoms with Crippen molar-refractivity contribution >= 4 is 22.8 Å². The number of nitrogens with zero attached hydrogens (tertiary/aromatic N) is 8. The van der Waals surface area contributed by atoms with Gasteiger partial charge < -0.3 is 19.1 Å². The maximum Gasteiger partial charge on any atom is 0.165 e. The molecule has 2 saturated heterocycles. The van der Waals surface area contributed by atoms with E-state index in [1.54, 1.807) is 12.5 Å². The molecule has 0 radical (unpaired) electrons. The molecule has 3 aromatic heterocycles. The Balaban J connectivity index is 1.31. The molecule has 0 amide bonds. The third-order valence-corrected chi connectivity index (χ3v) is 5.59. The van der Waals surface area contributed by atoms with Gasteiger partial charge in [-0.1, -0.05) is 0 Å². The number of aromatic nitrogens is 5. The van der Waals surface area contributed by atoms with Crippen molar-refractivity contribution in [3.63, 3.8) is 0 Å². The summed E-state index contributed by atoms with van der Waals surface area (Å²) in [5, 5.41) is 8.93. The first-order valence-electron chi connectivity index (χ1n) is 9.95. The summed E-state index contributed by atoms with van der Waals surface area (Å²) < 4.78 is 7.84. The number of hydrogen-bond acceptors (Lipinski definition) is 8. The largest absolute Gasteiger partial charge is 0.376 e. The predicted molar refractivity (Wildman–Crippen MR) is 108 cm³/mol. The summed E-state index contributed by atoms with van der Waals surface area (Å²) in [6, 6.07) is 5.82. The van der Waals surface area contributed by atoms with E-state index in [1.807, 2.05) is 18.5 Å². The summed E-state index contributed by atoms with van der Waals surface area (Å²) in [5.41, 5.74) is 2.28. The molecule has 148 valence electrons. The molecule has 5 rings (SSSR count). The third-order valence-electron chi connectivity index (χ3n) is 5.59. The van der Waals surface area contributed by atoms with E-state index in [1.165, 1.54) is 0 Å². The molecular weight excluding hydrogens is 368 g/mol. The van der Waals surface area contributed by atoms with E-state index in [4.69, 9.17) is 10.00 Å². The standard InChI is InChI=1S/C20H22N8O/c21-10-15-3-4-17(22-11-15)26-5-7-27(8-6-26)19-18-20(24-13-23-19)28(14-25-18)12-16-2-1-9-29-16/h3-4,11,13-14,16H,1-2,5-9,12H2. The number of imidazole rings is 1. The van der Waals surface area contributed by atoms with E-state index < -0.39 is 0 Å². The van der Waals surface area contributed by atoms with Crippen LogP contribution in [0.5, 0.6) is 0 Å². The summed E-state index contributed by atoms with van der Waals surface area (Å²) in [5.74, 6) is 1.78. The van der Waals surface area contributed by atoms with Crippen LogP contribution in [0.2, 0.25) is 0 Å². The van der Waals surface area contributed by atoms with Crippen molar-refractivity contribution in [2.24, 2.45) is 0 Å². The molecule has 1 unspecified atom stereocenters. The van der Waals surface area contributed by atoms with E-state index in [-0.39, 0.29) is 6.10 Å². The fraction of sp³-hybridized carbons (Fsp3) is 0.450. The molecule has 1 atom stereocenters. The van der Waals surface area contributed by atoms with Crippen LogP contribution in [0.4, 0.5) is 11.6 Å². The smallest absolute Gasteiger partial charge is 0.165 e. The average molecular weight is 390 g/mol. The molecule has 29 heavy (non-hydrogen) atoms. The highest BCUT2D eigenvalue weighted by Gasteiger charge is 2.23. The van der Waals surface area contributed by atoms with Crippen LogP contribution in [0.3, 0.4) is 0 Å². The van der Waals surface area contributed by atoms with Crippen molar-refractivity contribution in [3.05, 3.63) is 36.5 Å². The molecule has 0 N–H and O–H groups in total. The van der Waals surface area contributed by atoms with Crippen LogP contribution in [0.1, 0.15) is 18.4 Å². The van der Waals surface area contributed by atoms with E-state index in [0.717, 1.165) is 75.0 Å². The minimum Gasteiger partial charge on any atom is -0.376 e. The molecule has 3 aromatic rings. The van der Waals surface area contributed by atoms with Gasteiger partial charge in [0.1, 0.15) is 18.2 Å². The Hall–Kier alpha value is -3.25. The van der Waals surface area contributed by atoms with Crippen LogP contribution in [-0.4, -0.2) is 63.4 Å². The Morgan fingerprint density at radius 1 is 1.07 bits per heavy atom. The molecule has 0 aromatic carbocycles. The van der Waals surface area contributed by atoms with E-state index in [9.17, 15) is 0 Å². The molecule has 0 saturated carbocycles. The van der Waals surface area contributed by atoms with Crippen LogP contribution in [0, 0.1) is 11.3 Å². The Labute approximate surface area is 168 Å². The van der Waals surface area contributed by atoms with Crippen LogP contribution >= 0.6 is 0 Å². The zero-order valence-electron chi connectivity index (χ0n) is 16.1. The van der Waals surface area contributed by atoms with Gasteiger partial charge in [-0.05, 0) is 25.0 Å². The lowest BCUT2D eigenvalue weighted by Crippen LogP contribution is -2.47. The SMILES string of the molecule is N#Cc1ccc(N2CCN(c3ncnc4c3ncn4CC3CCCO3)CC2)nc1. The van der Waals surface area contributed by atoms with Gasteiger partial charge >= 0.3 is 0 Å². The van der Waals surface area contributed by atoms with E-state index >= 15 is 0 Å². The zero-order valence-corrected chi connectivity index (χ0v) is 16.1. The second-order valence-electron chi connectivity index (χ2n) is 7.39. The number of anilines is 2. The number of rotatable bonds is 4. The van der Waals surface area contributed by atoms with Crippen molar-refractivity contribution < 1.29 is 4.74 Å². The normalized spacial score (nSPS) is 19.6. The number of piperazine rings is 1. The van der Waals surface area contributed by atoms with E-state index in [2.05, 4.69) is 40.4 Å². The summed E-state index contributed by atoms with van der Waals surface area (Å²) in [6.45, 7) is 4.95. The van der Waals surface area contributed by atoms with Crippen LogP contribution in [-0.2, 0) is 11.3 Å². The van der Waals surface area contributed by atoms with Gasteiger partial charge in [-0.2, -0.15) is 5.26 Å². The molecule has 0 spiro atoms.